The highest BCUT2D eigenvalue weighted by Gasteiger charge is 2.45. The van der Waals surface area contributed by atoms with E-state index in [4.69, 9.17) is 4.74 Å². The van der Waals surface area contributed by atoms with Crippen molar-refractivity contribution in [2.75, 3.05) is 34.4 Å². The molecule has 3 aliphatic heterocycles. The summed E-state index contributed by atoms with van der Waals surface area (Å²) in [6.45, 7) is 0.283. The summed E-state index contributed by atoms with van der Waals surface area (Å²) < 4.78 is 47.3. The van der Waals surface area contributed by atoms with E-state index in [2.05, 4.69) is 5.32 Å². The van der Waals surface area contributed by atoms with Crippen molar-refractivity contribution in [2.24, 2.45) is 5.92 Å². The summed E-state index contributed by atoms with van der Waals surface area (Å²) in [5.41, 5.74) is -0.0191. The first-order valence-electron chi connectivity index (χ1n) is 10.8. The van der Waals surface area contributed by atoms with Crippen molar-refractivity contribution >= 4 is 34.6 Å². The predicted molar refractivity (Wildman–Crippen MR) is 111 cm³/mol. The molecular weight excluding hydrogens is 428 g/mol. The monoisotopic (exact) mass is 453 g/mol. The molecule has 1 saturated carbocycles. The zero-order valence-electron chi connectivity index (χ0n) is 17.0. The van der Waals surface area contributed by atoms with Gasteiger partial charge in [0.1, 0.15) is 23.3 Å². The van der Waals surface area contributed by atoms with Gasteiger partial charge >= 0.3 is 6.09 Å². The van der Waals surface area contributed by atoms with Crippen molar-refractivity contribution in [3.8, 4) is 0 Å². The first-order chi connectivity index (χ1) is 14.9. The Bertz CT molecular complexity index is 862. The van der Waals surface area contributed by atoms with Crippen molar-refractivity contribution in [2.45, 2.75) is 50.3 Å². The molecule has 2 amide bonds. The highest BCUT2D eigenvalue weighted by Crippen LogP contribution is 2.40. The Morgan fingerprint density at radius 1 is 1.16 bits per heavy atom. The van der Waals surface area contributed by atoms with E-state index in [0.29, 0.717) is 11.5 Å². The van der Waals surface area contributed by atoms with Crippen molar-refractivity contribution in [3.63, 3.8) is 0 Å². The summed E-state index contributed by atoms with van der Waals surface area (Å²) >= 11 is -0.952. The number of fused-ring (bicyclic) bond motifs is 2. The lowest BCUT2D eigenvalue weighted by Gasteiger charge is -2.37. The highest BCUT2D eigenvalue weighted by atomic mass is 32.2. The Hall–Kier alpha value is -2.07. The van der Waals surface area contributed by atoms with Crippen LogP contribution < -0.4 is 15.1 Å². The minimum Gasteiger partial charge on any atom is -0.616 e. The second kappa shape index (κ2) is 8.12. The molecule has 7 nitrogen and oxygen atoms in total. The molecule has 1 unspecified atom stereocenters. The van der Waals surface area contributed by atoms with Gasteiger partial charge in [0.15, 0.2) is 11.6 Å². The van der Waals surface area contributed by atoms with Gasteiger partial charge in [-0.15, -0.1) is 0 Å². The summed E-state index contributed by atoms with van der Waals surface area (Å²) in [5.74, 6) is -0.651. The molecule has 1 aliphatic carbocycles. The van der Waals surface area contributed by atoms with E-state index in [1.54, 1.807) is 4.90 Å². The lowest BCUT2D eigenvalue weighted by molar-refractivity contribution is -0.127. The van der Waals surface area contributed by atoms with Crippen LogP contribution in [0.5, 0.6) is 0 Å². The van der Waals surface area contributed by atoms with E-state index in [9.17, 15) is 14.1 Å². The van der Waals surface area contributed by atoms with Crippen LogP contribution in [-0.4, -0.2) is 59.3 Å². The van der Waals surface area contributed by atoms with Crippen LogP contribution in [0.1, 0.15) is 32.1 Å². The Morgan fingerprint density at radius 3 is 2.39 bits per heavy atom. The summed E-state index contributed by atoms with van der Waals surface area (Å²) in [6.07, 6.45) is 3.07. The van der Waals surface area contributed by atoms with Crippen LogP contribution in [0, 0.1) is 17.6 Å². The molecule has 3 heterocycles. The normalized spacial score (nSPS) is 30.4. The maximum atomic E-state index is 15.0. The van der Waals surface area contributed by atoms with E-state index in [1.165, 1.54) is 4.90 Å². The molecule has 5 rings (SSSR count). The number of amides is 2. The van der Waals surface area contributed by atoms with Gasteiger partial charge in [0.2, 0.25) is 5.91 Å². The Labute approximate surface area is 182 Å². The quantitative estimate of drug-likeness (QED) is 0.692. The van der Waals surface area contributed by atoms with Crippen LogP contribution in [-0.2, 0) is 20.7 Å². The zero-order valence-corrected chi connectivity index (χ0v) is 17.8. The number of rotatable bonds is 5. The van der Waals surface area contributed by atoms with Gasteiger partial charge in [0.25, 0.3) is 0 Å². The van der Waals surface area contributed by atoms with Crippen molar-refractivity contribution in [1.82, 2.24) is 5.32 Å². The largest absolute Gasteiger partial charge is 0.616 e. The fourth-order valence-corrected chi connectivity index (χ4v) is 6.62. The number of nitrogens with zero attached hydrogens (tertiary/aromatic N) is 2. The molecule has 0 radical (unpaired) electrons. The van der Waals surface area contributed by atoms with Gasteiger partial charge < -0.3 is 19.5 Å². The number of benzene rings is 1. The van der Waals surface area contributed by atoms with E-state index in [0.717, 1.165) is 44.2 Å². The van der Waals surface area contributed by atoms with Crippen LogP contribution >= 0.6 is 0 Å². The van der Waals surface area contributed by atoms with Gasteiger partial charge in [0, 0.05) is 18.1 Å². The molecule has 0 spiro atoms. The number of halogens is 2. The van der Waals surface area contributed by atoms with Crippen molar-refractivity contribution in [1.29, 1.82) is 0 Å². The van der Waals surface area contributed by atoms with E-state index in [-0.39, 0.29) is 48.4 Å². The molecule has 4 atom stereocenters. The zero-order chi connectivity index (χ0) is 21.7. The van der Waals surface area contributed by atoms with Crippen LogP contribution in [0.3, 0.4) is 0 Å². The van der Waals surface area contributed by atoms with E-state index >= 15 is 8.78 Å². The first kappa shape index (κ1) is 20.8. The summed E-state index contributed by atoms with van der Waals surface area (Å²) in [4.78, 5) is 27.2. The minimum atomic E-state index is -0.952. The van der Waals surface area contributed by atoms with Gasteiger partial charge in [-0.3, -0.25) is 9.69 Å². The Balaban J connectivity index is 1.29. The Kier molecular flexibility index (Phi) is 5.45. The third-order valence-electron chi connectivity index (χ3n) is 6.80. The number of ether oxygens (including phenoxy) is 1. The van der Waals surface area contributed by atoms with Crippen LogP contribution in [0.25, 0.3) is 0 Å². The van der Waals surface area contributed by atoms with E-state index < -0.39 is 35.0 Å². The van der Waals surface area contributed by atoms with Crippen molar-refractivity contribution in [3.05, 3.63) is 23.8 Å². The number of hydrogen-bond acceptors (Lipinski definition) is 5. The van der Waals surface area contributed by atoms with Gasteiger partial charge in [-0.05, 0) is 36.9 Å². The van der Waals surface area contributed by atoms with E-state index in [1.807, 2.05) is 0 Å². The number of carbonyl (C=O) groups excluding carboxylic acids is 2. The molecule has 4 fully saturated rings. The number of hydrogen-bond donors (Lipinski definition) is 1. The van der Waals surface area contributed by atoms with Crippen LogP contribution in [0.15, 0.2) is 12.1 Å². The number of nitrogens with one attached hydrogen (secondary N) is 1. The molecule has 2 bridgehead atoms. The molecule has 1 aromatic carbocycles. The van der Waals surface area contributed by atoms with Gasteiger partial charge in [0.05, 0.1) is 30.9 Å². The third-order valence-corrected chi connectivity index (χ3v) is 8.32. The molecule has 10 heteroatoms. The van der Waals surface area contributed by atoms with Gasteiger partial charge in [-0.2, -0.15) is 0 Å². The number of carbonyl (C=O) groups is 2. The summed E-state index contributed by atoms with van der Waals surface area (Å²) in [5, 5.41) is 2.79. The van der Waals surface area contributed by atoms with Gasteiger partial charge in [-0.25, -0.2) is 13.6 Å². The van der Waals surface area contributed by atoms with Crippen LogP contribution in [0.4, 0.5) is 25.0 Å². The molecule has 168 valence electrons. The molecular formula is C21H25F2N3O4S. The van der Waals surface area contributed by atoms with Crippen molar-refractivity contribution < 1.29 is 27.7 Å². The maximum absolute atomic E-state index is 15.0. The average molecular weight is 454 g/mol. The smallest absolute Gasteiger partial charge is 0.414 e. The fraction of sp³-hybridized carbons (Fsp3) is 0.619. The molecule has 3 saturated heterocycles. The number of cyclic esters (lactones) is 1. The number of anilines is 2. The van der Waals surface area contributed by atoms with Crippen LogP contribution in [0.2, 0.25) is 0 Å². The summed E-state index contributed by atoms with van der Waals surface area (Å²) in [7, 11) is 0. The fourth-order valence-electron chi connectivity index (χ4n) is 4.97. The average Bonchev–Trinajstić information content (AvgIpc) is 3.15. The lowest BCUT2D eigenvalue weighted by Crippen LogP contribution is -2.49. The molecule has 0 aromatic heterocycles. The Morgan fingerprint density at radius 2 is 1.81 bits per heavy atom. The second-order valence-electron chi connectivity index (χ2n) is 8.81. The topological polar surface area (TPSA) is 84.9 Å². The standard InChI is InChI=1S/C21H25F2N3O4S/c22-17-6-15(7-18(23)19(17)26-13-4-5-14(26)11-31(29)10-13)25-9-16(30-21(25)28)8-24-20(27)12-2-1-3-12/h6-7,12-14,16H,1-5,8-11H2,(H,24,27)/t13-,14+,16-,31?/m0/s1. The summed E-state index contributed by atoms with van der Waals surface area (Å²) in [6, 6.07) is 2.05. The highest BCUT2D eigenvalue weighted by molar-refractivity contribution is 7.91. The molecule has 4 aliphatic rings. The minimum absolute atomic E-state index is 0.0338. The predicted octanol–water partition coefficient (Wildman–Crippen LogP) is 2.31. The SMILES string of the molecule is O=C(NC[C@H]1CN(c2cc(F)c(N3[C@@H]4CC[C@H]3C[S+]([O-])C4)c(F)c2)C(=O)O1)C1CCC1. The molecule has 1 N–H and O–H groups in total. The third kappa shape index (κ3) is 3.84. The second-order valence-corrected chi connectivity index (χ2v) is 10.4. The molecule has 31 heavy (non-hydrogen) atoms. The lowest BCUT2D eigenvalue weighted by atomic mass is 9.85. The first-order valence-corrected chi connectivity index (χ1v) is 12.3. The van der Waals surface area contributed by atoms with Gasteiger partial charge in [-0.1, -0.05) is 6.42 Å². The molecule has 1 aromatic rings. The maximum Gasteiger partial charge on any atom is 0.414 e.